The molecule has 0 amide bonds. The Balaban J connectivity index is 1.56. The molecule has 6 nitrogen and oxygen atoms in total. The Kier molecular flexibility index (Phi) is 12.5. The van der Waals surface area contributed by atoms with Crippen LogP contribution in [0.1, 0.15) is 0 Å². The molecule has 0 saturated carbocycles. The summed E-state index contributed by atoms with van der Waals surface area (Å²) in [6.07, 6.45) is 0. The van der Waals surface area contributed by atoms with Crippen molar-refractivity contribution in [2.24, 2.45) is 0 Å². The predicted molar refractivity (Wildman–Crippen MR) is 111 cm³/mol. The monoisotopic (exact) mass is 440 g/mol. The van der Waals surface area contributed by atoms with Gasteiger partial charge in [-0.1, -0.05) is 47.0 Å². The SMILES string of the molecule is OCCOCCOCC1=CS/C(=C2\SC=C(COCCOCCO)S2)S1. The Morgan fingerprint density at radius 3 is 1.46 bits per heavy atom. The van der Waals surface area contributed by atoms with Crippen LogP contribution in [0.3, 0.4) is 0 Å². The maximum atomic E-state index is 8.62. The summed E-state index contributed by atoms with van der Waals surface area (Å²) >= 11 is 6.98. The summed E-state index contributed by atoms with van der Waals surface area (Å²) < 4.78 is 24.1. The summed E-state index contributed by atoms with van der Waals surface area (Å²) in [5, 5.41) is 21.5. The molecule has 148 valence electrons. The third kappa shape index (κ3) is 9.05. The van der Waals surface area contributed by atoms with Crippen LogP contribution in [0.2, 0.25) is 0 Å². The fourth-order valence-electron chi connectivity index (χ4n) is 1.79. The van der Waals surface area contributed by atoms with E-state index in [0.29, 0.717) is 52.9 Å². The first-order chi connectivity index (χ1) is 12.8. The van der Waals surface area contributed by atoms with Crippen molar-refractivity contribution in [3.8, 4) is 0 Å². The number of ether oxygens (including phenoxy) is 4. The van der Waals surface area contributed by atoms with Gasteiger partial charge in [-0.2, -0.15) is 0 Å². The van der Waals surface area contributed by atoms with Gasteiger partial charge in [0, 0.05) is 9.81 Å². The van der Waals surface area contributed by atoms with Crippen LogP contribution in [0.4, 0.5) is 0 Å². The molecule has 0 aliphatic carbocycles. The molecule has 0 spiro atoms. The Labute approximate surface area is 171 Å². The van der Waals surface area contributed by atoms with Crippen molar-refractivity contribution in [3.63, 3.8) is 0 Å². The molecule has 0 atom stereocenters. The first-order valence-electron chi connectivity index (χ1n) is 8.17. The van der Waals surface area contributed by atoms with Crippen molar-refractivity contribution in [1.29, 1.82) is 0 Å². The van der Waals surface area contributed by atoms with E-state index in [9.17, 15) is 0 Å². The molecular formula is C16H24O6S4. The Hall–Kier alpha value is 0.380. The number of rotatable bonds is 14. The van der Waals surface area contributed by atoms with E-state index in [1.165, 1.54) is 18.3 Å². The molecule has 2 N–H and O–H groups in total. The Bertz CT molecular complexity index is 465. The van der Waals surface area contributed by atoms with E-state index >= 15 is 0 Å². The zero-order valence-corrected chi connectivity index (χ0v) is 17.7. The maximum absolute atomic E-state index is 8.62. The lowest BCUT2D eigenvalue weighted by Crippen LogP contribution is -2.08. The van der Waals surface area contributed by atoms with E-state index in [0.717, 1.165) is 0 Å². The van der Waals surface area contributed by atoms with Gasteiger partial charge in [0.1, 0.15) is 0 Å². The summed E-state index contributed by atoms with van der Waals surface area (Å²) in [4.78, 5) is 2.40. The normalized spacial score (nSPS) is 19.9. The van der Waals surface area contributed by atoms with Gasteiger partial charge in [0.05, 0.1) is 74.5 Å². The third-order valence-corrected chi connectivity index (χ3v) is 8.22. The molecule has 0 saturated heterocycles. The molecule has 0 fully saturated rings. The highest BCUT2D eigenvalue weighted by Gasteiger charge is 2.21. The molecule has 0 radical (unpaired) electrons. The molecule has 2 aliphatic heterocycles. The van der Waals surface area contributed by atoms with Gasteiger partial charge in [-0.05, 0) is 10.8 Å². The summed E-state index contributed by atoms with van der Waals surface area (Å²) in [5.74, 6) is 0. The van der Waals surface area contributed by atoms with Crippen LogP contribution in [-0.4, -0.2) is 76.3 Å². The quantitative estimate of drug-likeness (QED) is 0.394. The second-order valence-electron chi connectivity index (χ2n) is 4.96. The summed E-state index contributed by atoms with van der Waals surface area (Å²) in [6.45, 7) is 4.05. The van der Waals surface area contributed by atoms with E-state index in [4.69, 9.17) is 29.2 Å². The van der Waals surface area contributed by atoms with Crippen LogP contribution in [0, 0.1) is 0 Å². The highest BCUT2D eigenvalue weighted by Crippen LogP contribution is 2.55. The second kappa shape index (κ2) is 14.4. The van der Waals surface area contributed by atoms with E-state index in [1.54, 1.807) is 47.0 Å². The fourth-order valence-corrected chi connectivity index (χ4v) is 6.59. The van der Waals surface area contributed by atoms with Crippen molar-refractivity contribution in [3.05, 3.63) is 29.1 Å². The average Bonchev–Trinajstić information content (AvgIpc) is 3.30. The van der Waals surface area contributed by atoms with E-state index in [-0.39, 0.29) is 13.2 Å². The molecule has 10 heteroatoms. The lowest BCUT2D eigenvalue weighted by atomic mass is 10.6. The largest absolute Gasteiger partial charge is 0.394 e. The molecule has 26 heavy (non-hydrogen) atoms. The zero-order chi connectivity index (χ0) is 18.5. The molecule has 0 aromatic heterocycles. The standard InChI is InChI=1S/C16H24O6S4/c17-1-3-19-5-7-21-9-13-11-23-15(25-13)16-24-12-14(26-16)10-22-8-6-20-4-2-18/h11-12,17-18H,1-10H2/b16-15-. The van der Waals surface area contributed by atoms with E-state index in [2.05, 4.69) is 10.8 Å². The average molecular weight is 441 g/mol. The molecule has 2 heterocycles. The van der Waals surface area contributed by atoms with Gasteiger partial charge in [0.25, 0.3) is 0 Å². The maximum Gasteiger partial charge on any atom is 0.0785 e. The first kappa shape index (κ1) is 22.7. The molecule has 0 aromatic rings. The molecular weight excluding hydrogens is 416 g/mol. The van der Waals surface area contributed by atoms with Crippen LogP contribution in [0.5, 0.6) is 0 Å². The number of hydrogen-bond donors (Lipinski definition) is 2. The van der Waals surface area contributed by atoms with Gasteiger partial charge in [-0.3, -0.25) is 0 Å². The number of aliphatic hydroxyl groups excluding tert-OH is 2. The zero-order valence-electron chi connectivity index (χ0n) is 14.4. The van der Waals surface area contributed by atoms with Crippen LogP contribution in [0.25, 0.3) is 0 Å². The highest BCUT2D eigenvalue weighted by atomic mass is 32.2. The van der Waals surface area contributed by atoms with Crippen molar-refractivity contribution in [2.45, 2.75) is 0 Å². The third-order valence-electron chi connectivity index (χ3n) is 2.91. The van der Waals surface area contributed by atoms with Crippen LogP contribution >= 0.6 is 47.0 Å². The number of hydrogen-bond acceptors (Lipinski definition) is 10. The molecule has 2 rings (SSSR count). The molecule has 0 bridgehead atoms. The van der Waals surface area contributed by atoms with Gasteiger partial charge in [0.2, 0.25) is 0 Å². The van der Waals surface area contributed by atoms with Crippen molar-refractivity contribution in [1.82, 2.24) is 0 Å². The predicted octanol–water partition coefficient (Wildman–Crippen LogP) is 2.81. The summed E-state index contributed by atoms with van der Waals surface area (Å²) in [7, 11) is 0. The Morgan fingerprint density at radius 2 is 1.04 bits per heavy atom. The smallest absolute Gasteiger partial charge is 0.0785 e. The summed E-state index contributed by atoms with van der Waals surface area (Å²) in [5.41, 5.74) is 0. The van der Waals surface area contributed by atoms with Gasteiger partial charge in [-0.25, -0.2) is 0 Å². The van der Waals surface area contributed by atoms with Crippen LogP contribution in [0.15, 0.2) is 29.1 Å². The second-order valence-corrected chi connectivity index (χ2v) is 9.51. The van der Waals surface area contributed by atoms with E-state index in [1.807, 2.05) is 0 Å². The van der Waals surface area contributed by atoms with Gasteiger partial charge < -0.3 is 29.2 Å². The van der Waals surface area contributed by atoms with E-state index < -0.39 is 0 Å². The lowest BCUT2D eigenvalue weighted by molar-refractivity contribution is 0.0407. The highest BCUT2D eigenvalue weighted by molar-refractivity contribution is 8.33. The minimum Gasteiger partial charge on any atom is -0.394 e. The van der Waals surface area contributed by atoms with Crippen molar-refractivity contribution in [2.75, 3.05) is 66.1 Å². The van der Waals surface area contributed by atoms with Crippen molar-refractivity contribution < 1.29 is 29.2 Å². The first-order valence-corrected chi connectivity index (χ1v) is 11.6. The summed E-state index contributed by atoms with van der Waals surface area (Å²) in [6, 6.07) is 0. The van der Waals surface area contributed by atoms with Gasteiger partial charge in [0.15, 0.2) is 0 Å². The molecule has 2 aliphatic rings. The molecule has 0 unspecified atom stereocenters. The van der Waals surface area contributed by atoms with Crippen LogP contribution in [-0.2, 0) is 18.9 Å². The minimum atomic E-state index is 0.0441. The molecule has 0 aromatic carbocycles. The Morgan fingerprint density at radius 1 is 0.615 bits per heavy atom. The number of aliphatic hydroxyl groups is 2. The minimum absolute atomic E-state index is 0.0441. The van der Waals surface area contributed by atoms with Crippen LogP contribution < -0.4 is 0 Å². The topological polar surface area (TPSA) is 77.4 Å². The van der Waals surface area contributed by atoms with Gasteiger partial charge in [-0.15, -0.1) is 0 Å². The lowest BCUT2D eigenvalue weighted by Gasteiger charge is -2.06. The fraction of sp³-hybridized carbons (Fsp3) is 0.625. The van der Waals surface area contributed by atoms with Crippen molar-refractivity contribution >= 4 is 47.0 Å². The number of thioether (sulfide) groups is 4. The van der Waals surface area contributed by atoms with Gasteiger partial charge >= 0.3 is 0 Å².